The van der Waals surface area contributed by atoms with Crippen LogP contribution in [0.3, 0.4) is 0 Å². The van der Waals surface area contributed by atoms with E-state index in [-0.39, 0.29) is 9.50 Å². The SMILES string of the molecule is CSc1nnc(NC(=O)c2onc3ccc(C(Br)Br)cc23)s1. The zero-order chi connectivity index (χ0) is 15.7. The summed E-state index contributed by atoms with van der Waals surface area (Å²) >= 11 is 9.63. The molecule has 0 radical (unpaired) electrons. The topological polar surface area (TPSA) is 80.9 Å². The summed E-state index contributed by atoms with van der Waals surface area (Å²) in [5, 5.41) is 15.5. The first-order valence-corrected chi connectivity index (χ1v) is 9.82. The van der Waals surface area contributed by atoms with Crippen LogP contribution in [-0.2, 0) is 0 Å². The van der Waals surface area contributed by atoms with Gasteiger partial charge in [0, 0.05) is 0 Å². The highest BCUT2D eigenvalue weighted by Gasteiger charge is 2.19. The van der Waals surface area contributed by atoms with Crippen molar-refractivity contribution in [3.63, 3.8) is 0 Å². The Labute approximate surface area is 150 Å². The number of hydrogen-bond donors (Lipinski definition) is 1. The van der Waals surface area contributed by atoms with Crippen LogP contribution in [0.5, 0.6) is 0 Å². The van der Waals surface area contributed by atoms with E-state index in [1.807, 2.05) is 18.4 Å². The van der Waals surface area contributed by atoms with Crippen molar-refractivity contribution < 1.29 is 9.32 Å². The molecule has 0 aliphatic heterocycles. The Kier molecular flexibility index (Phi) is 4.81. The first kappa shape index (κ1) is 15.9. The lowest BCUT2D eigenvalue weighted by Gasteiger charge is -2.01. The smallest absolute Gasteiger partial charge is 0.296 e. The van der Waals surface area contributed by atoms with Crippen molar-refractivity contribution in [2.24, 2.45) is 0 Å². The van der Waals surface area contributed by atoms with Crippen LogP contribution in [0, 0.1) is 0 Å². The Morgan fingerprint density at radius 3 is 2.91 bits per heavy atom. The molecule has 0 atom stereocenters. The lowest BCUT2D eigenvalue weighted by Crippen LogP contribution is -2.11. The van der Waals surface area contributed by atoms with Crippen LogP contribution in [0.1, 0.15) is 19.9 Å². The Hall–Kier alpha value is -0.970. The van der Waals surface area contributed by atoms with Gasteiger partial charge in [-0.25, -0.2) is 0 Å². The summed E-state index contributed by atoms with van der Waals surface area (Å²) in [6, 6.07) is 5.55. The third-order valence-corrected chi connectivity index (χ3v) is 5.63. The zero-order valence-electron chi connectivity index (χ0n) is 11.0. The molecule has 0 aliphatic rings. The molecule has 114 valence electrons. The summed E-state index contributed by atoms with van der Waals surface area (Å²) in [6.07, 6.45) is 1.90. The van der Waals surface area contributed by atoms with Crippen molar-refractivity contribution in [2.75, 3.05) is 11.6 Å². The lowest BCUT2D eigenvalue weighted by molar-refractivity contribution is 0.0990. The summed E-state index contributed by atoms with van der Waals surface area (Å²) in [5.74, 6) is -0.248. The molecule has 1 amide bonds. The van der Waals surface area contributed by atoms with Crippen LogP contribution in [0.15, 0.2) is 27.1 Å². The molecule has 0 aliphatic carbocycles. The molecule has 1 N–H and O–H groups in total. The number of anilines is 1. The molecule has 2 heterocycles. The van der Waals surface area contributed by atoms with Gasteiger partial charge in [-0.15, -0.1) is 10.2 Å². The summed E-state index contributed by atoms with van der Waals surface area (Å²) < 4.78 is 5.94. The van der Waals surface area contributed by atoms with Gasteiger partial charge in [-0.05, 0) is 24.0 Å². The van der Waals surface area contributed by atoms with Gasteiger partial charge in [-0.1, -0.05) is 66.2 Å². The Morgan fingerprint density at radius 2 is 2.23 bits per heavy atom. The van der Waals surface area contributed by atoms with E-state index in [2.05, 4.69) is 52.5 Å². The Bertz CT molecular complexity index is 834. The van der Waals surface area contributed by atoms with Gasteiger partial charge in [-0.3, -0.25) is 10.1 Å². The quantitative estimate of drug-likeness (QED) is 0.350. The van der Waals surface area contributed by atoms with Crippen LogP contribution in [0.4, 0.5) is 5.13 Å². The van der Waals surface area contributed by atoms with Gasteiger partial charge >= 0.3 is 0 Å². The Balaban J connectivity index is 1.91. The van der Waals surface area contributed by atoms with Gasteiger partial charge in [0.1, 0.15) is 5.52 Å². The molecule has 0 spiro atoms. The number of rotatable bonds is 4. The number of benzene rings is 1. The molecule has 1 aromatic carbocycles. The van der Waals surface area contributed by atoms with Crippen molar-refractivity contribution >= 4 is 76.9 Å². The third-order valence-electron chi connectivity index (χ3n) is 2.76. The molecular weight excluding hydrogens is 456 g/mol. The number of halogens is 2. The summed E-state index contributed by atoms with van der Waals surface area (Å²) in [6.45, 7) is 0. The van der Waals surface area contributed by atoms with Gasteiger partial charge in [0.2, 0.25) is 10.9 Å². The van der Waals surface area contributed by atoms with E-state index in [0.29, 0.717) is 16.0 Å². The highest BCUT2D eigenvalue weighted by molar-refractivity contribution is 9.24. The number of hydrogen-bond acceptors (Lipinski definition) is 7. The fourth-order valence-corrected chi connectivity index (χ4v) is 3.49. The van der Waals surface area contributed by atoms with E-state index in [1.54, 1.807) is 6.07 Å². The van der Waals surface area contributed by atoms with Gasteiger partial charge in [0.25, 0.3) is 5.91 Å². The number of amides is 1. The van der Waals surface area contributed by atoms with Crippen LogP contribution in [0.2, 0.25) is 0 Å². The summed E-state index contributed by atoms with van der Waals surface area (Å²) in [5.41, 5.74) is 1.59. The minimum Gasteiger partial charge on any atom is -0.350 e. The molecule has 10 heteroatoms. The largest absolute Gasteiger partial charge is 0.350 e. The van der Waals surface area contributed by atoms with E-state index in [9.17, 15) is 4.79 Å². The maximum Gasteiger partial charge on any atom is 0.296 e. The maximum atomic E-state index is 12.3. The van der Waals surface area contributed by atoms with Gasteiger partial charge in [0.15, 0.2) is 4.34 Å². The number of nitrogens with zero attached hydrogens (tertiary/aromatic N) is 3. The predicted molar refractivity (Wildman–Crippen MR) is 94.2 cm³/mol. The average Bonchev–Trinajstić information content (AvgIpc) is 3.12. The van der Waals surface area contributed by atoms with E-state index in [0.717, 1.165) is 9.90 Å². The molecule has 3 aromatic rings. The van der Waals surface area contributed by atoms with Crippen LogP contribution in [-0.4, -0.2) is 27.5 Å². The van der Waals surface area contributed by atoms with Crippen LogP contribution in [0.25, 0.3) is 10.9 Å². The molecule has 6 nitrogen and oxygen atoms in total. The monoisotopic (exact) mass is 462 g/mol. The van der Waals surface area contributed by atoms with Crippen molar-refractivity contribution in [3.8, 4) is 0 Å². The second kappa shape index (κ2) is 6.65. The molecule has 0 saturated carbocycles. The molecule has 3 rings (SSSR count). The highest BCUT2D eigenvalue weighted by atomic mass is 79.9. The standard InChI is InChI=1S/C12H8Br2N4O2S2/c1-21-12-17-16-11(22-12)15-10(19)8-6-4-5(9(13)14)2-3-7(6)18-20-8/h2-4,9H,1H3,(H,15,16,19). The summed E-state index contributed by atoms with van der Waals surface area (Å²) in [7, 11) is 0. The number of thioether (sulfide) groups is 1. The molecule has 0 saturated heterocycles. The molecule has 2 aromatic heterocycles. The first-order valence-electron chi connectivity index (χ1n) is 5.95. The van der Waals surface area contributed by atoms with E-state index < -0.39 is 5.91 Å². The Morgan fingerprint density at radius 1 is 1.41 bits per heavy atom. The van der Waals surface area contributed by atoms with Crippen molar-refractivity contribution in [1.82, 2.24) is 15.4 Å². The minimum absolute atomic E-state index is 0.0116. The van der Waals surface area contributed by atoms with Gasteiger partial charge in [-0.2, -0.15) is 0 Å². The number of nitrogens with one attached hydrogen (secondary N) is 1. The molecule has 0 unspecified atom stereocenters. The molecular formula is C12H8Br2N4O2S2. The molecule has 0 fully saturated rings. The number of carbonyl (C=O) groups excluding carboxylic acids is 1. The molecule has 0 bridgehead atoms. The fourth-order valence-electron chi connectivity index (χ4n) is 1.76. The normalized spacial score (nSPS) is 11.3. The predicted octanol–water partition coefficient (Wildman–Crippen LogP) is 4.44. The van der Waals surface area contributed by atoms with E-state index in [1.165, 1.54) is 23.1 Å². The second-order valence-electron chi connectivity index (χ2n) is 4.12. The summed E-state index contributed by atoms with van der Waals surface area (Å²) in [4.78, 5) is 12.3. The lowest BCUT2D eigenvalue weighted by atomic mass is 10.1. The third kappa shape index (κ3) is 3.19. The van der Waals surface area contributed by atoms with Crippen molar-refractivity contribution in [3.05, 3.63) is 29.5 Å². The number of aromatic nitrogens is 3. The van der Waals surface area contributed by atoms with Crippen molar-refractivity contribution in [2.45, 2.75) is 8.08 Å². The number of fused-ring (bicyclic) bond motifs is 1. The van der Waals surface area contributed by atoms with Gasteiger partial charge in [0.05, 0.1) is 9.12 Å². The fraction of sp³-hybridized carbons (Fsp3) is 0.167. The second-order valence-corrected chi connectivity index (χ2v) is 9.21. The minimum atomic E-state index is -0.399. The van der Waals surface area contributed by atoms with Crippen LogP contribution < -0.4 is 5.32 Å². The van der Waals surface area contributed by atoms with E-state index in [4.69, 9.17) is 4.52 Å². The number of carbonyl (C=O) groups is 1. The van der Waals surface area contributed by atoms with Crippen molar-refractivity contribution in [1.29, 1.82) is 0 Å². The van der Waals surface area contributed by atoms with E-state index >= 15 is 0 Å². The van der Waals surface area contributed by atoms with Crippen LogP contribution >= 0.6 is 55.0 Å². The maximum absolute atomic E-state index is 12.3. The first-order chi connectivity index (χ1) is 10.6. The highest BCUT2D eigenvalue weighted by Crippen LogP contribution is 2.32. The molecule has 22 heavy (non-hydrogen) atoms. The average molecular weight is 464 g/mol. The zero-order valence-corrected chi connectivity index (χ0v) is 15.8. The number of alkyl halides is 2. The van der Waals surface area contributed by atoms with Gasteiger partial charge < -0.3 is 4.52 Å².